The summed E-state index contributed by atoms with van der Waals surface area (Å²) in [6, 6.07) is 22.2. The Hall–Kier alpha value is -4.83. The van der Waals surface area contributed by atoms with Crippen LogP contribution < -0.4 is 14.4 Å². The van der Waals surface area contributed by atoms with Crippen LogP contribution in [0.3, 0.4) is 0 Å². The Kier molecular flexibility index (Phi) is 7.63. The molecule has 1 heterocycles. The number of nitrogens with zero attached hydrogens (tertiary/aromatic N) is 2. The third-order valence-electron chi connectivity index (χ3n) is 6.05. The number of amides is 1. The van der Waals surface area contributed by atoms with E-state index < -0.39 is 11.6 Å². The van der Waals surface area contributed by atoms with Gasteiger partial charge >= 0.3 is 5.97 Å². The van der Waals surface area contributed by atoms with Gasteiger partial charge in [-0.2, -0.15) is 5.26 Å². The van der Waals surface area contributed by atoms with E-state index in [1.54, 1.807) is 36.3 Å². The van der Waals surface area contributed by atoms with Gasteiger partial charge in [0.05, 0.1) is 32.4 Å². The molecule has 3 aromatic carbocycles. The average Bonchev–Trinajstić information content (AvgIpc) is 2.93. The largest absolute Gasteiger partial charge is 0.492 e. The number of carbonyl (C=O) groups is 2. The summed E-state index contributed by atoms with van der Waals surface area (Å²) in [7, 11) is 2.86. The van der Waals surface area contributed by atoms with Crippen LogP contribution in [-0.4, -0.2) is 31.7 Å². The molecule has 0 bridgehead atoms. The Morgan fingerprint density at radius 2 is 1.82 bits per heavy atom. The fourth-order valence-corrected chi connectivity index (χ4v) is 4.29. The van der Waals surface area contributed by atoms with Gasteiger partial charge in [0.1, 0.15) is 5.60 Å². The molecule has 0 atom stereocenters. The second-order valence-corrected chi connectivity index (χ2v) is 9.22. The van der Waals surface area contributed by atoms with Crippen LogP contribution in [0.5, 0.6) is 11.5 Å². The van der Waals surface area contributed by atoms with E-state index in [4.69, 9.17) is 9.47 Å². The van der Waals surface area contributed by atoms with Crippen molar-refractivity contribution in [2.24, 2.45) is 0 Å². The highest BCUT2D eigenvalue weighted by Crippen LogP contribution is 2.44. The van der Waals surface area contributed by atoms with Gasteiger partial charge in [0, 0.05) is 28.5 Å². The first-order valence-electron chi connectivity index (χ1n) is 12.0. The van der Waals surface area contributed by atoms with Gasteiger partial charge in [0.15, 0.2) is 11.5 Å². The third-order valence-corrected chi connectivity index (χ3v) is 6.05. The number of allylic oxidation sites excluding steroid dienone is 1. The number of carbonyl (C=O) groups excluding carboxylic acids is 2. The summed E-state index contributed by atoms with van der Waals surface area (Å²) >= 11 is 0. The Balaban J connectivity index is 1.80. The van der Waals surface area contributed by atoms with Crippen molar-refractivity contribution in [3.8, 4) is 17.6 Å². The number of fused-ring (bicyclic) bond motifs is 1. The standard InChI is InChI=1S/C31H28N2O5/c1-31(2)18-24(19-32)26-15-14-23(28(37-4)29(26)38-31)20-33(30(35)22-10-6-5-7-11-22)25-12-8-9-21(17-25)13-16-27(34)36-3/h5-18H,20H2,1-4H3/b16-13+. The van der Waals surface area contributed by atoms with Crippen LogP contribution in [0.4, 0.5) is 5.69 Å². The molecule has 7 nitrogen and oxygen atoms in total. The molecule has 0 saturated carbocycles. The SMILES string of the molecule is COC(=O)/C=C/c1cccc(N(Cc2ccc3c(c2OC)OC(C)(C)C=C3C#N)C(=O)c2ccccc2)c1. The number of benzene rings is 3. The first kappa shape index (κ1) is 26.2. The maximum atomic E-state index is 13.8. The summed E-state index contributed by atoms with van der Waals surface area (Å²) < 4.78 is 16.7. The molecule has 1 aliphatic rings. The van der Waals surface area contributed by atoms with Crippen LogP contribution in [-0.2, 0) is 16.1 Å². The van der Waals surface area contributed by atoms with Crippen LogP contribution in [0.1, 0.15) is 40.9 Å². The van der Waals surface area contributed by atoms with E-state index in [-0.39, 0.29) is 12.5 Å². The summed E-state index contributed by atoms with van der Waals surface area (Å²) in [6.07, 6.45) is 4.74. The zero-order chi connectivity index (χ0) is 27.3. The summed E-state index contributed by atoms with van der Waals surface area (Å²) in [5.41, 5.74) is 3.03. The van der Waals surface area contributed by atoms with Crippen molar-refractivity contribution in [1.29, 1.82) is 5.26 Å². The molecule has 0 unspecified atom stereocenters. The lowest BCUT2D eigenvalue weighted by atomic mass is 9.93. The van der Waals surface area contributed by atoms with E-state index in [0.29, 0.717) is 39.4 Å². The highest BCUT2D eigenvalue weighted by Gasteiger charge is 2.31. The zero-order valence-corrected chi connectivity index (χ0v) is 21.7. The number of anilines is 1. The Labute approximate surface area is 222 Å². The molecule has 1 amide bonds. The quantitative estimate of drug-likeness (QED) is 0.296. The lowest BCUT2D eigenvalue weighted by Crippen LogP contribution is -2.31. The number of ether oxygens (including phenoxy) is 3. The van der Waals surface area contributed by atoms with Crippen LogP contribution >= 0.6 is 0 Å². The van der Waals surface area contributed by atoms with Gasteiger partial charge in [-0.1, -0.05) is 36.4 Å². The molecule has 0 N–H and O–H groups in total. The van der Waals surface area contributed by atoms with Crippen molar-refractivity contribution >= 4 is 29.2 Å². The molecule has 192 valence electrons. The van der Waals surface area contributed by atoms with Gasteiger partial charge in [-0.15, -0.1) is 0 Å². The van der Waals surface area contributed by atoms with E-state index in [2.05, 4.69) is 10.8 Å². The minimum atomic E-state index is -0.705. The van der Waals surface area contributed by atoms with Gasteiger partial charge in [0.25, 0.3) is 5.91 Å². The van der Waals surface area contributed by atoms with E-state index in [1.165, 1.54) is 13.2 Å². The van der Waals surface area contributed by atoms with Crippen molar-refractivity contribution in [1.82, 2.24) is 0 Å². The minimum absolute atomic E-state index is 0.170. The maximum Gasteiger partial charge on any atom is 0.330 e. The van der Waals surface area contributed by atoms with E-state index in [0.717, 1.165) is 5.56 Å². The number of methoxy groups -OCH3 is 2. The van der Waals surface area contributed by atoms with Crippen LogP contribution in [0.2, 0.25) is 0 Å². The predicted molar refractivity (Wildman–Crippen MR) is 146 cm³/mol. The predicted octanol–water partition coefficient (Wildman–Crippen LogP) is 5.81. The van der Waals surface area contributed by atoms with Crippen molar-refractivity contribution in [3.05, 3.63) is 101 Å². The number of hydrogen-bond donors (Lipinski definition) is 0. The van der Waals surface area contributed by atoms with Gasteiger partial charge in [-0.05, 0) is 61.9 Å². The second kappa shape index (κ2) is 11.1. The van der Waals surface area contributed by atoms with Crippen molar-refractivity contribution in [3.63, 3.8) is 0 Å². The van der Waals surface area contributed by atoms with E-state index in [9.17, 15) is 14.9 Å². The molecule has 7 heteroatoms. The van der Waals surface area contributed by atoms with Crippen molar-refractivity contribution in [2.45, 2.75) is 26.0 Å². The molecule has 0 spiro atoms. The fraction of sp³-hybridized carbons (Fsp3) is 0.194. The summed E-state index contributed by atoms with van der Waals surface area (Å²) in [5.74, 6) is 0.249. The zero-order valence-electron chi connectivity index (χ0n) is 21.7. The van der Waals surface area contributed by atoms with Crippen molar-refractivity contribution in [2.75, 3.05) is 19.1 Å². The Bertz CT molecular complexity index is 1470. The molecule has 0 radical (unpaired) electrons. The monoisotopic (exact) mass is 508 g/mol. The van der Waals surface area contributed by atoms with Gasteiger partial charge in [0.2, 0.25) is 0 Å². The average molecular weight is 509 g/mol. The number of hydrogen-bond acceptors (Lipinski definition) is 6. The van der Waals surface area contributed by atoms with Gasteiger partial charge < -0.3 is 19.1 Å². The molecular formula is C31H28N2O5. The lowest BCUT2D eigenvalue weighted by molar-refractivity contribution is -0.134. The number of nitriles is 1. The summed E-state index contributed by atoms with van der Waals surface area (Å²) in [5, 5.41) is 9.71. The number of rotatable bonds is 7. The molecule has 3 aromatic rings. The molecular weight excluding hydrogens is 480 g/mol. The maximum absolute atomic E-state index is 13.8. The van der Waals surface area contributed by atoms with Gasteiger partial charge in [-0.3, -0.25) is 4.79 Å². The van der Waals surface area contributed by atoms with Crippen molar-refractivity contribution < 1.29 is 23.8 Å². The molecule has 0 aromatic heterocycles. The van der Waals surface area contributed by atoms with Crippen LogP contribution in [0, 0.1) is 11.3 Å². The molecule has 0 saturated heterocycles. The minimum Gasteiger partial charge on any atom is -0.492 e. The van der Waals surface area contributed by atoms with E-state index in [1.807, 2.05) is 68.4 Å². The smallest absolute Gasteiger partial charge is 0.330 e. The Morgan fingerprint density at radius 1 is 1.05 bits per heavy atom. The van der Waals surface area contributed by atoms with Crippen LogP contribution in [0.15, 0.2) is 78.9 Å². The van der Waals surface area contributed by atoms with E-state index >= 15 is 0 Å². The lowest BCUT2D eigenvalue weighted by Gasteiger charge is -2.32. The van der Waals surface area contributed by atoms with Crippen LogP contribution in [0.25, 0.3) is 11.6 Å². The third kappa shape index (κ3) is 5.60. The van der Waals surface area contributed by atoms with Gasteiger partial charge in [-0.25, -0.2) is 4.79 Å². The fourth-order valence-electron chi connectivity index (χ4n) is 4.29. The summed E-state index contributed by atoms with van der Waals surface area (Å²) in [4.78, 5) is 27.0. The molecule has 1 aliphatic heterocycles. The first-order valence-corrected chi connectivity index (χ1v) is 12.0. The summed E-state index contributed by atoms with van der Waals surface area (Å²) in [6.45, 7) is 3.92. The normalized spacial score (nSPS) is 13.5. The molecule has 38 heavy (non-hydrogen) atoms. The molecule has 4 rings (SSSR count). The topological polar surface area (TPSA) is 88.9 Å². The Morgan fingerprint density at radius 3 is 2.50 bits per heavy atom. The molecule has 0 aliphatic carbocycles. The highest BCUT2D eigenvalue weighted by molar-refractivity contribution is 6.06. The number of esters is 1. The highest BCUT2D eigenvalue weighted by atomic mass is 16.5. The first-order chi connectivity index (χ1) is 18.3. The second-order valence-electron chi connectivity index (χ2n) is 9.22. The molecule has 0 fully saturated rings.